The van der Waals surface area contributed by atoms with Crippen LogP contribution in [-0.2, 0) is 5.41 Å². The van der Waals surface area contributed by atoms with E-state index in [0.717, 1.165) is 44.6 Å². The fraction of sp³-hybridized carbons (Fsp3) is 0.0164. The molecule has 0 N–H and O–H groups in total. The van der Waals surface area contributed by atoms with E-state index in [1.54, 1.807) is 0 Å². The van der Waals surface area contributed by atoms with Gasteiger partial charge in [-0.25, -0.2) is 0 Å². The molecule has 0 saturated heterocycles. The van der Waals surface area contributed by atoms with Gasteiger partial charge in [-0.15, -0.1) is 0 Å². The molecule has 63 heavy (non-hydrogen) atoms. The van der Waals surface area contributed by atoms with Crippen molar-refractivity contribution >= 4 is 71.3 Å². The van der Waals surface area contributed by atoms with Gasteiger partial charge in [-0.3, -0.25) is 0 Å². The van der Waals surface area contributed by atoms with E-state index in [1.807, 2.05) is 0 Å². The molecule has 14 rings (SSSR count). The van der Waals surface area contributed by atoms with Crippen LogP contribution in [-0.4, -0.2) is 0 Å². The molecule has 292 valence electrons. The monoisotopic (exact) mass is 799 g/mol. The first-order valence-corrected chi connectivity index (χ1v) is 21.8. The molecular formula is C61H37NO. The lowest BCUT2D eigenvalue weighted by Gasteiger charge is -2.32. The molecule has 0 bridgehead atoms. The minimum Gasteiger partial charge on any atom is -0.455 e. The lowest BCUT2D eigenvalue weighted by molar-refractivity contribution is 0.670. The summed E-state index contributed by atoms with van der Waals surface area (Å²) in [4.78, 5) is 2.39. The molecule has 2 aliphatic carbocycles. The van der Waals surface area contributed by atoms with Gasteiger partial charge in [-0.1, -0.05) is 170 Å². The lowest BCUT2D eigenvalue weighted by atomic mass is 9.70. The number of fused-ring (bicyclic) bond motifs is 17. The van der Waals surface area contributed by atoms with Crippen LogP contribution in [0.25, 0.3) is 87.6 Å². The minimum absolute atomic E-state index is 0.439. The summed E-state index contributed by atoms with van der Waals surface area (Å²) in [5, 5.41) is 9.52. The predicted octanol–water partition coefficient (Wildman–Crippen LogP) is 16.5. The van der Waals surface area contributed by atoms with Gasteiger partial charge in [-0.2, -0.15) is 0 Å². The molecule has 0 unspecified atom stereocenters. The predicted molar refractivity (Wildman–Crippen MR) is 263 cm³/mol. The van der Waals surface area contributed by atoms with Gasteiger partial charge in [0.1, 0.15) is 11.2 Å². The quantitative estimate of drug-likeness (QED) is 0.165. The molecule has 0 radical (unpaired) electrons. The Kier molecular flexibility index (Phi) is 7.07. The third-order valence-corrected chi connectivity index (χ3v) is 14.0. The maximum absolute atomic E-state index is 7.21. The molecule has 2 aliphatic rings. The highest BCUT2D eigenvalue weighted by Crippen LogP contribution is 2.63. The summed E-state index contributed by atoms with van der Waals surface area (Å²) in [7, 11) is 0. The van der Waals surface area contributed by atoms with Crippen LogP contribution in [0.15, 0.2) is 229 Å². The van der Waals surface area contributed by atoms with Gasteiger partial charge in [0.15, 0.2) is 0 Å². The molecule has 11 aromatic carbocycles. The van der Waals surface area contributed by atoms with Gasteiger partial charge in [0.25, 0.3) is 0 Å². The summed E-state index contributed by atoms with van der Waals surface area (Å²) < 4.78 is 7.21. The first-order chi connectivity index (χ1) is 31.3. The van der Waals surface area contributed by atoms with Crippen molar-refractivity contribution < 1.29 is 4.42 Å². The highest BCUT2D eigenvalue weighted by atomic mass is 16.3. The first-order valence-electron chi connectivity index (χ1n) is 21.8. The number of para-hydroxylation sites is 1. The van der Waals surface area contributed by atoms with Crippen LogP contribution in [0.1, 0.15) is 22.3 Å². The van der Waals surface area contributed by atoms with Crippen molar-refractivity contribution in [2.75, 3.05) is 4.90 Å². The Morgan fingerprint density at radius 3 is 1.52 bits per heavy atom. The summed E-state index contributed by atoms with van der Waals surface area (Å²) >= 11 is 0. The van der Waals surface area contributed by atoms with Gasteiger partial charge in [0.05, 0.1) is 5.41 Å². The number of nitrogens with zero attached hydrogens (tertiary/aromatic N) is 1. The molecule has 2 heteroatoms. The van der Waals surface area contributed by atoms with Gasteiger partial charge in [0, 0.05) is 39.5 Å². The molecule has 0 atom stereocenters. The molecule has 1 heterocycles. The Balaban J connectivity index is 1.01. The van der Waals surface area contributed by atoms with Crippen LogP contribution in [0.3, 0.4) is 0 Å². The summed E-state index contributed by atoms with van der Waals surface area (Å²) in [6, 6.07) is 82.6. The van der Waals surface area contributed by atoms with Crippen molar-refractivity contribution in [1.82, 2.24) is 0 Å². The number of hydrogen-bond acceptors (Lipinski definition) is 2. The fourth-order valence-electron chi connectivity index (χ4n) is 11.5. The van der Waals surface area contributed by atoms with Crippen LogP contribution < -0.4 is 4.90 Å². The summed E-state index contributed by atoms with van der Waals surface area (Å²) in [5.74, 6) is 0. The zero-order valence-electron chi connectivity index (χ0n) is 34.2. The van der Waals surface area contributed by atoms with Crippen LogP contribution >= 0.6 is 0 Å². The Morgan fingerprint density at radius 1 is 0.302 bits per heavy atom. The molecule has 0 saturated carbocycles. The Labute approximate surface area is 364 Å². The SMILES string of the molecule is c1ccc(N(c2ccc3c(c2)C2(c4ccccc4-c4ccccc42)c2ccccc2-3)c2ccc3c(c2)oc2c(-c4cc5ccccc5c5ccccc45)c4ccccc4cc23)cc1. The highest BCUT2D eigenvalue weighted by Gasteiger charge is 2.51. The van der Waals surface area contributed by atoms with Crippen molar-refractivity contribution in [3.63, 3.8) is 0 Å². The molecule has 0 amide bonds. The summed E-state index contributed by atoms with van der Waals surface area (Å²) in [5.41, 5.74) is 17.4. The molecule has 0 fully saturated rings. The van der Waals surface area contributed by atoms with Crippen molar-refractivity contribution in [1.29, 1.82) is 0 Å². The maximum atomic E-state index is 7.21. The second-order valence-corrected chi connectivity index (χ2v) is 17.1. The fourth-order valence-corrected chi connectivity index (χ4v) is 11.5. The van der Waals surface area contributed by atoms with E-state index in [4.69, 9.17) is 4.42 Å². The lowest BCUT2D eigenvalue weighted by Crippen LogP contribution is -2.26. The number of rotatable bonds is 4. The standard InChI is InChI=1S/C61H37NO/c1-2-18-40(19-3-1)62(41-30-32-50-49-26-12-15-29-56(49)61(57(50)36-41)54-27-13-10-24-47(54)48-25-11-14-28-55(48)61)42-31-33-51-53-35-39-17-5-7-21-44(39)59(60(53)63-58(51)37-42)52-34-38-16-4-6-20-43(38)45-22-8-9-23-46(45)52/h1-37H. The largest absolute Gasteiger partial charge is 0.455 e. The third-order valence-electron chi connectivity index (χ3n) is 14.0. The zero-order chi connectivity index (χ0) is 41.2. The normalized spacial score (nSPS) is 13.2. The smallest absolute Gasteiger partial charge is 0.143 e. The highest BCUT2D eigenvalue weighted by molar-refractivity contribution is 6.23. The van der Waals surface area contributed by atoms with Crippen LogP contribution in [0.2, 0.25) is 0 Å². The Morgan fingerprint density at radius 2 is 0.825 bits per heavy atom. The van der Waals surface area contributed by atoms with E-state index in [2.05, 4.69) is 229 Å². The molecular weight excluding hydrogens is 763 g/mol. The Bertz CT molecular complexity index is 3810. The van der Waals surface area contributed by atoms with Gasteiger partial charge in [-0.05, 0) is 131 Å². The molecule has 1 spiro atoms. The minimum atomic E-state index is -0.439. The van der Waals surface area contributed by atoms with Crippen molar-refractivity contribution in [2.45, 2.75) is 5.41 Å². The van der Waals surface area contributed by atoms with Gasteiger partial charge < -0.3 is 9.32 Å². The van der Waals surface area contributed by atoms with E-state index in [1.165, 1.54) is 82.4 Å². The average Bonchev–Trinajstić information content (AvgIpc) is 3.97. The summed E-state index contributed by atoms with van der Waals surface area (Å²) in [6.45, 7) is 0. The molecule has 0 aliphatic heterocycles. The average molecular weight is 800 g/mol. The van der Waals surface area contributed by atoms with Crippen molar-refractivity contribution in [3.05, 3.63) is 247 Å². The van der Waals surface area contributed by atoms with E-state index >= 15 is 0 Å². The molecule has 12 aromatic rings. The number of furan rings is 1. The zero-order valence-corrected chi connectivity index (χ0v) is 34.2. The van der Waals surface area contributed by atoms with Gasteiger partial charge >= 0.3 is 0 Å². The van der Waals surface area contributed by atoms with Crippen LogP contribution in [0.5, 0.6) is 0 Å². The number of benzene rings is 11. The number of anilines is 3. The van der Waals surface area contributed by atoms with Crippen LogP contribution in [0, 0.1) is 0 Å². The maximum Gasteiger partial charge on any atom is 0.143 e. The number of hydrogen-bond donors (Lipinski definition) is 0. The van der Waals surface area contributed by atoms with E-state index in [9.17, 15) is 0 Å². The van der Waals surface area contributed by atoms with Crippen molar-refractivity contribution in [2.24, 2.45) is 0 Å². The topological polar surface area (TPSA) is 16.4 Å². The second kappa shape index (κ2) is 12.9. The third kappa shape index (κ3) is 4.67. The second-order valence-electron chi connectivity index (χ2n) is 17.1. The van der Waals surface area contributed by atoms with E-state index < -0.39 is 5.41 Å². The Hall–Kier alpha value is -8.20. The van der Waals surface area contributed by atoms with E-state index in [0.29, 0.717) is 0 Å². The summed E-state index contributed by atoms with van der Waals surface area (Å²) in [6.07, 6.45) is 0. The van der Waals surface area contributed by atoms with Gasteiger partial charge in [0.2, 0.25) is 0 Å². The van der Waals surface area contributed by atoms with Crippen molar-refractivity contribution in [3.8, 4) is 33.4 Å². The van der Waals surface area contributed by atoms with Crippen LogP contribution in [0.4, 0.5) is 17.1 Å². The molecule has 1 aromatic heterocycles. The molecule has 2 nitrogen and oxygen atoms in total. The first kappa shape index (κ1) is 34.5. The van der Waals surface area contributed by atoms with E-state index in [-0.39, 0.29) is 0 Å².